The van der Waals surface area contributed by atoms with E-state index in [1.165, 1.54) is 0 Å². The molecule has 1 heterocycles. The van der Waals surface area contributed by atoms with E-state index < -0.39 is 11.9 Å². The van der Waals surface area contributed by atoms with Crippen molar-refractivity contribution in [3.63, 3.8) is 0 Å². The Bertz CT molecular complexity index is 644. The lowest BCUT2D eigenvalue weighted by Crippen LogP contribution is -2.30. The van der Waals surface area contributed by atoms with Crippen LogP contribution in [0.1, 0.15) is 36.5 Å². The first-order chi connectivity index (χ1) is 11.5. The standard InChI is InChI=1S/C18H22ClNO4/c1-2-7-24-16-6-5-12(19)8-13(16)17(21)20-9-14(11-3-4-11)15(10-20)18(22)23/h5-6,8,11,14-15H,2-4,7,9-10H2,1H3,(H,22,23)/t14-,15+/m1/s1. The van der Waals surface area contributed by atoms with Gasteiger partial charge in [-0.3, -0.25) is 9.59 Å². The molecule has 130 valence electrons. The maximum atomic E-state index is 12.9. The summed E-state index contributed by atoms with van der Waals surface area (Å²) in [6, 6.07) is 5.00. The van der Waals surface area contributed by atoms with Crippen LogP contribution in [0, 0.1) is 17.8 Å². The van der Waals surface area contributed by atoms with Gasteiger partial charge < -0.3 is 14.7 Å². The summed E-state index contributed by atoms with van der Waals surface area (Å²) < 4.78 is 5.66. The van der Waals surface area contributed by atoms with Crippen molar-refractivity contribution >= 4 is 23.5 Å². The average molecular weight is 352 g/mol. The van der Waals surface area contributed by atoms with Crippen molar-refractivity contribution in [3.05, 3.63) is 28.8 Å². The van der Waals surface area contributed by atoms with Crippen LogP contribution in [0.4, 0.5) is 0 Å². The number of amides is 1. The largest absolute Gasteiger partial charge is 0.493 e. The second-order valence-electron chi connectivity index (χ2n) is 6.65. The van der Waals surface area contributed by atoms with Crippen LogP contribution >= 0.6 is 11.6 Å². The molecule has 0 radical (unpaired) electrons. The summed E-state index contributed by atoms with van der Waals surface area (Å²) in [6.45, 7) is 3.27. The van der Waals surface area contributed by atoms with Gasteiger partial charge in [-0.15, -0.1) is 0 Å². The summed E-state index contributed by atoms with van der Waals surface area (Å²) >= 11 is 6.05. The van der Waals surface area contributed by atoms with Crippen LogP contribution in [0.25, 0.3) is 0 Å². The number of halogens is 1. The van der Waals surface area contributed by atoms with Gasteiger partial charge >= 0.3 is 5.97 Å². The summed E-state index contributed by atoms with van der Waals surface area (Å²) in [5, 5.41) is 9.93. The molecule has 0 bridgehead atoms. The number of carboxylic acids is 1. The van der Waals surface area contributed by atoms with E-state index in [0.29, 0.717) is 35.4 Å². The Kier molecular flexibility index (Phi) is 4.99. The van der Waals surface area contributed by atoms with Crippen molar-refractivity contribution in [2.24, 2.45) is 17.8 Å². The highest BCUT2D eigenvalue weighted by atomic mass is 35.5. The average Bonchev–Trinajstić information content (AvgIpc) is 3.31. The van der Waals surface area contributed by atoms with E-state index in [2.05, 4.69) is 0 Å². The monoisotopic (exact) mass is 351 g/mol. The van der Waals surface area contributed by atoms with Crippen molar-refractivity contribution in [1.82, 2.24) is 4.90 Å². The summed E-state index contributed by atoms with van der Waals surface area (Å²) in [5.74, 6) is -0.466. The molecule has 5 nitrogen and oxygen atoms in total. The third-order valence-corrected chi connectivity index (χ3v) is 5.07. The van der Waals surface area contributed by atoms with E-state index >= 15 is 0 Å². The topological polar surface area (TPSA) is 66.8 Å². The zero-order valence-electron chi connectivity index (χ0n) is 13.7. The smallest absolute Gasteiger partial charge is 0.308 e. The summed E-state index contributed by atoms with van der Waals surface area (Å²) in [7, 11) is 0. The van der Waals surface area contributed by atoms with Crippen molar-refractivity contribution in [1.29, 1.82) is 0 Å². The number of likely N-dealkylation sites (tertiary alicyclic amines) is 1. The molecule has 1 aromatic rings. The molecule has 0 aromatic heterocycles. The predicted molar refractivity (Wildman–Crippen MR) is 90.5 cm³/mol. The Labute approximate surface area is 146 Å². The second kappa shape index (κ2) is 7.01. The maximum absolute atomic E-state index is 12.9. The lowest BCUT2D eigenvalue weighted by molar-refractivity contribution is -0.142. The molecule has 1 saturated heterocycles. The van der Waals surface area contributed by atoms with Crippen LogP contribution in [0.3, 0.4) is 0 Å². The first-order valence-electron chi connectivity index (χ1n) is 8.45. The van der Waals surface area contributed by atoms with Gasteiger partial charge in [0.2, 0.25) is 0 Å². The van der Waals surface area contributed by atoms with Crippen molar-refractivity contribution in [2.75, 3.05) is 19.7 Å². The summed E-state index contributed by atoms with van der Waals surface area (Å²) in [6.07, 6.45) is 2.97. The van der Waals surface area contributed by atoms with Crippen molar-refractivity contribution in [3.8, 4) is 5.75 Å². The van der Waals surface area contributed by atoms with Crippen LogP contribution in [-0.2, 0) is 4.79 Å². The lowest BCUT2D eigenvalue weighted by atomic mass is 9.92. The minimum absolute atomic E-state index is 0.0608. The van der Waals surface area contributed by atoms with Gasteiger partial charge in [-0.1, -0.05) is 18.5 Å². The van der Waals surface area contributed by atoms with Crippen LogP contribution in [-0.4, -0.2) is 41.6 Å². The second-order valence-corrected chi connectivity index (χ2v) is 7.08. The number of nitrogens with zero attached hydrogens (tertiary/aromatic N) is 1. The van der Waals surface area contributed by atoms with E-state index in [0.717, 1.165) is 19.3 Å². The molecule has 2 atom stereocenters. The molecular formula is C18H22ClNO4. The minimum Gasteiger partial charge on any atom is -0.493 e. The first-order valence-corrected chi connectivity index (χ1v) is 8.83. The predicted octanol–water partition coefficient (Wildman–Crippen LogP) is 3.31. The molecule has 24 heavy (non-hydrogen) atoms. The molecular weight excluding hydrogens is 330 g/mol. The number of hydrogen-bond donors (Lipinski definition) is 1. The number of carbonyl (C=O) groups is 2. The van der Waals surface area contributed by atoms with Crippen molar-refractivity contribution < 1.29 is 19.4 Å². The molecule has 1 amide bonds. The van der Waals surface area contributed by atoms with E-state index in [-0.39, 0.29) is 18.4 Å². The Balaban J connectivity index is 1.81. The molecule has 1 N–H and O–H groups in total. The molecule has 3 rings (SSSR count). The fraction of sp³-hybridized carbons (Fsp3) is 0.556. The maximum Gasteiger partial charge on any atom is 0.308 e. The molecule has 0 spiro atoms. The van der Waals surface area contributed by atoms with Gasteiger partial charge in [0, 0.05) is 18.1 Å². The van der Waals surface area contributed by atoms with E-state index in [4.69, 9.17) is 16.3 Å². The highest BCUT2D eigenvalue weighted by molar-refractivity contribution is 6.31. The van der Waals surface area contributed by atoms with Gasteiger partial charge in [0.15, 0.2) is 0 Å². The minimum atomic E-state index is -0.809. The molecule has 2 aliphatic rings. The Morgan fingerprint density at radius 3 is 2.71 bits per heavy atom. The van der Waals surface area contributed by atoms with Gasteiger partial charge in [-0.25, -0.2) is 0 Å². The van der Waals surface area contributed by atoms with Crippen LogP contribution in [0.15, 0.2) is 18.2 Å². The Morgan fingerprint density at radius 2 is 2.08 bits per heavy atom. The van der Waals surface area contributed by atoms with Gasteiger partial charge in [-0.05, 0) is 49.3 Å². The number of carbonyl (C=O) groups excluding carboxylic acids is 1. The Morgan fingerprint density at radius 1 is 1.33 bits per heavy atom. The number of benzene rings is 1. The fourth-order valence-corrected chi connectivity index (χ4v) is 3.61. The third kappa shape index (κ3) is 3.51. The van der Waals surface area contributed by atoms with Crippen LogP contribution in [0.2, 0.25) is 5.02 Å². The summed E-state index contributed by atoms with van der Waals surface area (Å²) in [5.41, 5.74) is 0.413. The number of hydrogen-bond acceptors (Lipinski definition) is 3. The first kappa shape index (κ1) is 17.1. The summed E-state index contributed by atoms with van der Waals surface area (Å²) in [4.78, 5) is 26.1. The van der Waals surface area contributed by atoms with Gasteiger partial charge in [0.1, 0.15) is 5.75 Å². The van der Waals surface area contributed by atoms with Gasteiger partial charge in [0.25, 0.3) is 5.91 Å². The van der Waals surface area contributed by atoms with Gasteiger partial charge in [-0.2, -0.15) is 0 Å². The molecule has 1 aliphatic heterocycles. The normalized spacial score (nSPS) is 23.3. The quantitative estimate of drug-likeness (QED) is 0.853. The molecule has 0 unspecified atom stereocenters. The third-order valence-electron chi connectivity index (χ3n) is 4.83. The number of ether oxygens (including phenoxy) is 1. The zero-order valence-corrected chi connectivity index (χ0v) is 14.5. The Hall–Kier alpha value is -1.75. The number of rotatable bonds is 6. The molecule has 6 heteroatoms. The number of aliphatic carboxylic acids is 1. The zero-order chi connectivity index (χ0) is 17.3. The van der Waals surface area contributed by atoms with Gasteiger partial charge in [0.05, 0.1) is 18.1 Å². The van der Waals surface area contributed by atoms with Crippen LogP contribution < -0.4 is 4.74 Å². The fourth-order valence-electron chi connectivity index (χ4n) is 3.44. The van der Waals surface area contributed by atoms with E-state index in [1.807, 2.05) is 6.92 Å². The highest BCUT2D eigenvalue weighted by Gasteiger charge is 2.47. The highest BCUT2D eigenvalue weighted by Crippen LogP contribution is 2.44. The van der Waals surface area contributed by atoms with Crippen LogP contribution in [0.5, 0.6) is 5.75 Å². The van der Waals surface area contributed by atoms with E-state index in [9.17, 15) is 14.7 Å². The number of carboxylic acid groups (broad SMARTS) is 1. The van der Waals surface area contributed by atoms with Crippen molar-refractivity contribution in [2.45, 2.75) is 26.2 Å². The molecule has 2 fully saturated rings. The lowest BCUT2D eigenvalue weighted by Gasteiger charge is -2.19. The SMILES string of the molecule is CCCOc1ccc(Cl)cc1C(=O)N1C[C@H](C(=O)O)[C@@H](C2CC2)C1. The molecule has 1 aromatic carbocycles. The molecule has 1 saturated carbocycles. The van der Waals surface area contributed by atoms with E-state index in [1.54, 1.807) is 23.1 Å². The molecule has 1 aliphatic carbocycles.